The van der Waals surface area contributed by atoms with Crippen molar-refractivity contribution in [3.63, 3.8) is 0 Å². The summed E-state index contributed by atoms with van der Waals surface area (Å²) < 4.78 is 49.1. The Labute approximate surface area is 161 Å². The molecule has 1 saturated heterocycles. The lowest BCUT2D eigenvalue weighted by Gasteiger charge is -2.31. The van der Waals surface area contributed by atoms with E-state index in [4.69, 9.17) is 24.7 Å². The second-order valence-electron chi connectivity index (χ2n) is 6.43. The number of esters is 1. The second-order valence-corrected chi connectivity index (χ2v) is 6.43. The fourth-order valence-corrected chi connectivity index (χ4v) is 2.75. The molecule has 1 aliphatic rings. The number of halogens is 2. The molecule has 0 amide bonds. The van der Waals surface area contributed by atoms with E-state index in [1.165, 1.54) is 48.5 Å². The van der Waals surface area contributed by atoms with E-state index in [9.17, 15) is 13.6 Å². The Kier molecular flexibility index (Phi) is 6.43. The Bertz CT molecular complexity index is 784. The Morgan fingerprint density at radius 1 is 0.929 bits per heavy atom. The molecule has 0 spiro atoms. The highest BCUT2D eigenvalue weighted by molar-refractivity contribution is 5.75. The molecule has 150 valence electrons. The molecule has 2 aromatic rings. The fraction of sp³-hybridized carbons (Fsp3) is 0.350. The molecule has 3 rings (SSSR count). The van der Waals surface area contributed by atoms with Gasteiger partial charge in [-0.3, -0.25) is 4.79 Å². The van der Waals surface area contributed by atoms with E-state index in [1.54, 1.807) is 6.92 Å². The molecular formula is C20H21F2NO5. The van der Waals surface area contributed by atoms with Crippen molar-refractivity contribution in [3.05, 3.63) is 60.2 Å². The van der Waals surface area contributed by atoms with E-state index in [2.05, 4.69) is 0 Å². The zero-order chi connectivity index (χ0) is 20.1. The zero-order valence-corrected chi connectivity index (χ0v) is 15.2. The molecule has 2 N–H and O–H groups in total. The normalized spacial score (nSPS) is 25.8. The number of ether oxygens (including phenoxy) is 4. The number of benzene rings is 2. The van der Waals surface area contributed by atoms with Gasteiger partial charge in [0, 0.05) is 0 Å². The maximum Gasteiger partial charge on any atom is 0.325 e. The quantitative estimate of drug-likeness (QED) is 0.804. The number of carbonyl (C=O) groups excluding carboxylic acids is 1. The third kappa shape index (κ3) is 5.17. The predicted molar refractivity (Wildman–Crippen MR) is 96.0 cm³/mol. The number of nitrogens with two attached hydrogens (primary N) is 1. The van der Waals surface area contributed by atoms with Crippen LogP contribution in [0.15, 0.2) is 48.5 Å². The summed E-state index contributed by atoms with van der Waals surface area (Å²) in [5.74, 6) is -0.668. The number of hydrogen-bond donors (Lipinski definition) is 1. The third-order valence-electron chi connectivity index (χ3n) is 4.20. The summed E-state index contributed by atoms with van der Waals surface area (Å²) in [5, 5.41) is 0. The van der Waals surface area contributed by atoms with Crippen molar-refractivity contribution in [2.45, 2.75) is 31.3 Å². The molecular weight excluding hydrogens is 372 g/mol. The van der Waals surface area contributed by atoms with Crippen LogP contribution in [0.4, 0.5) is 8.78 Å². The first-order valence-corrected chi connectivity index (χ1v) is 8.80. The van der Waals surface area contributed by atoms with Crippen LogP contribution in [0.5, 0.6) is 11.5 Å². The van der Waals surface area contributed by atoms with Crippen LogP contribution in [0.2, 0.25) is 0 Å². The van der Waals surface area contributed by atoms with E-state index in [0.717, 1.165) is 0 Å². The largest absolute Gasteiger partial charge is 0.484 e. The minimum atomic E-state index is -0.932. The first-order valence-electron chi connectivity index (χ1n) is 8.80. The van der Waals surface area contributed by atoms with Gasteiger partial charge in [-0.2, -0.15) is 0 Å². The summed E-state index contributed by atoms with van der Waals surface area (Å²) in [6, 6.07) is 9.96. The van der Waals surface area contributed by atoms with Crippen LogP contribution in [-0.4, -0.2) is 43.5 Å². The summed E-state index contributed by atoms with van der Waals surface area (Å²) in [6.45, 7) is 1.65. The number of rotatable bonds is 4. The molecule has 1 heterocycles. The van der Waals surface area contributed by atoms with Gasteiger partial charge in [-0.25, -0.2) is 8.78 Å². The van der Waals surface area contributed by atoms with Gasteiger partial charge in [0.1, 0.15) is 35.3 Å². The zero-order valence-electron chi connectivity index (χ0n) is 15.2. The first kappa shape index (κ1) is 20.0. The summed E-state index contributed by atoms with van der Waals surface area (Å²) in [6.07, 6.45) is -2.23. The molecule has 28 heavy (non-hydrogen) atoms. The van der Waals surface area contributed by atoms with E-state index in [-0.39, 0.29) is 13.2 Å². The van der Waals surface area contributed by atoms with Crippen molar-refractivity contribution in [2.24, 2.45) is 5.73 Å². The van der Waals surface area contributed by atoms with E-state index >= 15 is 0 Å². The minimum absolute atomic E-state index is 0.0436. The van der Waals surface area contributed by atoms with Gasteiger partial charge in [0.05, 0.1) is 13.2 Å². The average molecular weight is 393 g/mol. The SMILES string of the molecule is C[C@@H]1OC(=O)[C@@H](N)COC[C@H](Oc2ccc(F)cc2)[C@H]1Oc1ccc(F)cc1. The predicted octanol–water partition coefficient (Wildman–Crippen LogP) is 2.45. The van der Waals surface area contributed by atoms with E-state index < -0.39 is 42.0 Å². The van der Waals surface area contributed by atoms with Crippen molar-refractivity contribution in [3.8, 4) is 11.5 Å². The molecule has 0 aromatic heterocycles. The van der Waals surface area contributed by atoms with Gasteiger partial charge >= 0.3 is 5.97 Å². The lowest BCUT2D eigenvalue weighted by Crippen LogP contribution is -2.47. The molecule has 1 aliphatic heterocycles. The highest BCUT2D eigenvalue weighted by Crippen LogP contribution is 2.23. The number of carbonyl (C=O) groups is 1. The van der Waals surface area contributed by atoms with Gasteiger partial charge in [-0.15, -0.1) is 0 Å². The van der Waals surface area contributed by atoms with Gasteiger partial charge in [0.2, 0.25) is 0 Å². The van der Waals surface area contributed by atoms with Crippen LogP contribution in [0.25, 0.3) is 0 Å². The highest BCUT2D eigenvalue weighted by atomic mass is 19.1. The molecule has 6 nitrogen and oxygen atoms in total. The lowest BCUT2D eigenvalue weighted by molar-refractivity contribution is -0.156. The van der Waals surface area contributed by atoms with Crippen molar-refractivity contribution in [1.82, 2.24) is 0 Å². The number of hydrogen-bond acceptors (Lipinski definition) is 6. The summed E-state index contributed by atoms with van der Waals surface area (Å²) >= 11 is 0. The van der Waals surface area contributed by atoms with E-state index in [0.29, 0.717) is 11.5 Å². The van der Waals surface area contributed by atoms with Gasteiger partial charge in [0.25, 0.3) is 0 Å². The van der Waals surface area contributed by atoms with Crippen molar-refractivity contribution in [1.29, 1.82) is 0 Å². The minimum Gasteiger partial charge on any atom is -0.484 e. The molecule has 4 atom stereocenters. The van der Waals surface area contributed by atoms with Crippen LogP contribution in [0, 0.1) is 11.6 Å². The molecule has 0 unspecified atom stereocenters. The smallest absolute Gasteiger partial charge is 0.325 e. The van der Waals surface area contributed by atoms with Gasteiger partial charge in [0.15, 0.2) is 12.2 Å². The number of cyclic esters (lactones) is 1. The van der Waals surface area contributed by atoms with Crippen LogP contribution in [-0.2, 0) is 14.3 Å². The molecule has 0 saturated carbocycles. The van der Waals surface area contributed by atoms with Gasteiger partial charge < -0.3 is 24.7 Å². The lowest BCUT2D eigenvalue weighted by atomic mass is 10.1. The monoisotopic (exact) mass is 393 g/mol. The molecule has 2 aromatic carbocycles. The topological polar surface area (TPSA) is 80.0 Å². The Morgan fingerprint density at radius 3 is 2.04 bits per heavy atom. The average Bonchev–Trinajstić information content (AvgIpc) is 2.71. The standard InChI is InChI=1S/C20H21F2NO5/c1-12-19(28-16-8-4-14(22)5-9-16)18(11-25-10-17(23)20(24)26-12)27-15-6-2-13(21)3-7-15/h2-9,12,17-19H,10-11,23H2,1H3/t12-,17-,18-,19-/m0/s1. The Balaban J connectivity index is 1.86. The third-order valence-corrected chi connectivity index (χ3v) is 4.20. The van der Waals surface area contributed by atoms with Crippen LogP contribution in [0.1, 0.15) is 6.92 Å². The van der Waals surface area contributed by atoms with Crippen LogP contribution in [0.3, 0.4) is 0 Å². The van der Waals surface area contributed by atoms with Gasteiger partial charge in [-0.05, 0) is 55.5 Å². The molecule has 0 aliphatic carbocycles. The Hall–Kier alpha value is -2.71. The molecule has 8 heteroatoms. The van der Waals surface area contributed by atoms with Crippen LogP contribution >= 0.6 is 0 Å². The van der Waals surface area contributed by atoms with Crippen molar-refractivity contribution < 1.29 is 32.5 Å². The Morgan fingerprint density at radius 2 is 1.46 bits per heavy atom. The first-order chi connectivity index (χ1) is 13.4. The summed E-state index contributed by atoms with van der Waals surface area (Å²) in [7, 11) is 0. The van der Waals surface area contributed by atoms with E-state index in [1.807, 2.05) is 0 Å². The maximum atomic E-state index is 13.2. The fourth-order valence-electron chi connectivity index (χ4n) is 2.75. The van der Waals surface area contributed by atoms with Gasteiger partial charge in [-0.1, -0.05) is 0 Å². The van der Waals surface area contributed by atoms with Crippen LogP contribution < -0.4 is 15.2 Å². The van der Waals surface area contributed by atoms with Crippen molar-refractivity contribution >= 4 is 5.97 Å². The second kappa shape index (κ2) is 8.99. The molecule has 0 bridgehead atoms. The summed E-state index contributed by atoms with van der Waals surface area (Å²) in [4.78, 5) is 12.1. The van der Waals surface area contributed by atoms with Crippen molar-refractivity contribution in [2.75, 3.05) is 13.2 Å². The summed E-state index contributed by atoms with van der Waals surface area (Å²) in [5.41, 5.74) is 5.74. The highest BCUT2D eigenvalue weighted by Gasteiger charge is 2.36. The maximum absolute atomic E-state index is 13.2. The molecule has 0 radical (unpaired) electrons. The molecule has 1 fully saturated rings.